The molecule has 1 aromatic heterocycles. The van der Waals surface area contributed by atoms with E-state index >= 15 is 0 Å². The number of aromatic nitrogens is 1. The van der Waals surface area contributed by atoms with Gasteiger partial charge in [0.05, 0.1) is 5.69 Å². The Morgan fingerprint density at radius 1 is 1.04 bits per heavy atom. The lowest BCUT2D eigenvalue weighted by molar-refractivity contribution is -0.143. The Labute approximate surface area is 151 Å². The van der Waals surface area contributed by atoms with Crippen LogP contribution in [0.25, 0.3) is 10.9 Å². The lowest BCUT2D eigenvalue weighted by Gasteiger charge is -2.26. The van der Waals surface area contributed by atoms with Crippen molar-refractivity contribution in [1.29, 1.82) is 0 Å². The molecule has 1 aliphatic heterocycles. The van der Waals surface area contributed by atoms with Crippen molar-refractivity contribution in [2.24, 2.45) is 0 Å². The SMILES string of the molecule is O=C(Nc1ccc(F)c(F)c1F)C(=O)N1CCc2[nH]c3ccccc3c2C1. The van der Waals surface area contributed by atoms with Crippen LogP contribution in [0.2, 0.25) is 0 Å². The van der Waals surface area contributed by atoms with Gasteiger partial charge in [-0.1, -0.05) is 18.2 Å². The number of para-hydroxylation sites is 1. The van der Waals surface area contributed by atoms with Crippen LogP contribution in [0.3, 0.4) is 0 Å². The summed E-state index contributed by atoms with van der Waals surface area (Å²) in [4.78, 5) is 29.3. The Balaban J connectivity index is 1.53. The minimum atomic E-state index is -1.71. The van der Waals surface area contributed by atoms with E-state index in [0.29, 0.717) is 19.0 Å². The third-order valence-electron chi connectivity index (χ3n) is 4.65. The second-order valence-corrected chi connectivity index (χ2v) is 6.28. The number of hydrogen-bond donors (Lipinski definition) is 2. The summed E-state index contributed by atoms with van der Waals surface area (Å²) in [6.07, 6.45) is 0.544. The first-order chi connectivity index (χ1) is 13.0. The zero-order valence-corrected chi connectivity index (χ0v) is 14.0. The largest absolute Gasteiger partial charge is 0.358 e. The van der Waals surface area contributed by atoms with Gasteiger partial charge in [-0.2, -0.15) is 0 Å². The fraction of sp³-hybridized carbons (Fsp3) is 0.158. The highest BCUT2D eigenvalue weighted by Gasteiger charge is 2.28. The van der Waals surface area contributed by atoms with Crippen LogP contribution in [0.4, 0.5) is 18.9 Å². The number of rotatable bonds is 1. The molecule has 27 heavy (non-hydrogen) atoms. The zero-order valence-electron chi connectivity index (χ0n) is 14.0. The van der Waals surface area contributed by atoms with Crippen LogP contribution in [0, 0.1) is 17.5 Å². The number of fused-ring (bicyclic) bond motifs is 3. The Morgan fingerprint density at radius 2 is 1.81 bits per heavy atom. The van der Waals surface area contributed by atoms with E-state index in [-0.39, 0.29) is 6.54 Å². The molecule has 0 unspecified atom stereocenters. The number of halogens is 3. The summed E-state index contributed by atoms with van der Waals surface area (Å²) in [5, 5.41) is 2.98. The quantitative estimate of drug-likeness (QED) is 0.509. The summed E-state index contributed by atoms with van der Waals surface area (Å²) >= 11 is 0. The third-order valence-corrected chi connectivity index (χ3v) is 4.65. The molecule has 0 radical (unpaired) electrons. The van der Waals surface area contributed by atoms with Gasteiger partial charge >= 0.3 is 11.8 Å². The fourth-order valence-electron chi connectivity index (χ4n) is 3.28. The molecule has 0 atom stereocenters. The summed E-state index contributed by atoms with van der Waals surface area (Å²) in [6.45, 7) is 0.540. The van der Waals surface area contributed by atoms with E-state index in [4.69, 9.17) is 0 Å². The molecule has 5 nitrogen and oxygen atoms in total. The summed E-state index contributed by atoms with van der Waals surface area (Å²) in [6, 6.07) is 9.19. The van der Waals surface area contributed by atoms with Crippen LogP contribution < -0.4 is 5.32 Å². The number of nitrogens with zero attached hydrogens (tertiary/aromatic N) is 1. The minimum Gasteiger partial charge on any atom is -0.358 e. The summed E-state index contributed by atoms with van der Waals surface area (Å²) < 4.78 is 40.0. The molecule has 8 heteroatoms. The number of hydrogen-bond acceptors (Lipinski definition) is 2. The number of H-pyrrole nitrogens is 1. The molecular weight excluding hydrogens is 359 g/mol. The van der Waals surface area contributed by atoms with Crippen molar-refractivity contribution in [2.45, 2.75) is 13.0 Å². The predicted octanol–water partition coefficient (Wildman–Crippen LogP) is 3.11. The molecule has 0 saturated heterocycles. The lowest BCUT2D eigenvalue weighted by atomic mass is 10.0. The van der Waals surface area contributed by atoms with Gasteiger partial charge in [-0.05, 0) is 18.2 Å². The predicted molar refractivity (Wildman–Crippen MR) is 92.4 cm³/mol. The molecule has 2 heterocycles. The van der Waals surface area contributed by atoms with Gasteiger partial charge in [-0.3, -0.25) is 9.59 Å². The maximum atomic E-state index is 13.7. The number of benzene rings is 2. The smallest absolute Gasteiger partial charge is 0.313 e. The maximum absolute atomic E-state index is 13.7. The molecule has 0 fully saturated rings. The highest BCUT2D eigenvalue weighted by atomic mass is 19.2. The molecule has 0 spiro atoms. The first kappa shape index (κ1) is 17.1. The molecule has 0 saturated carbocycles. The van der Waals surface area contributed by atoms with Crippen LogP contribution in [0.1, 0.15) is 11.3 Å². The van der Waals surface area contributed by atoms with E-state index in [1.54, 1.807) is 0 Å². The highest BCUT2D eigenvalue weighted by molar-refractivity contribution is 6.39. The summed E-state index contributed by atoms with van der Waals surface area (Å²) in [7, 11) is 0. The zero-order chi connectivity index (χ0) is 19.1. The second-order valence-electron chi connectivity index (χ2n) is 6.28. The van der Waals surface area contributed by atoms with Gasteiger partial charge in [0.25, 0.3) is 0 Å². The van der Waals surface area contributed by atoms with Crippen LogP contribution >= 0.6 is 0 Å². The molecule has 0 bridgehead atoms. The van der Waals surface area contributed by atoms with Crippen LogP contribution in [0.15, 0.2) is 36.4 Å². The molecule has 2 amide bonds. The average Bonchev–Trinajstić information content (AvgIpc) is 3.05. The monoisotopic (exact) mass is 373 g/mol. The fourth-order valence-corrected chi connectivity index (χ4v) is 3.28. The Kier molecular flexibility index (Phi) is 4.10. The number of nitrogens with one attached hydrogen (secondary N) is 2. The van der Waals surface area contributed by atoms with E-state index < -0.39 is 35.0 Å². The molecule has 2 aromatic carbocycles. The number of anilines is 1. The van der Waals surface area contributed by atoms with Crippen LogP contribution in [-0.4, -0.2) is 28.2 Å². The first-order valence-electron chi connectivity index (χ1n) is 8.28. The minimum absolute atomic E-state index is 0.228. The number of carbonyl (C=O) groups is 2. The van der Waals surface area contributed by atoms with E-state index in [1.807, 2.05) is 29.6 Å². The number of amides is 2. The van der Waals surface area contributed by atoms with E-state index in [9.17, 15) is 22.8 Å². The maximum Gasteiger partial charge on any atom is 0.313 e. The van der Waals surface area contributed by atoms with Gasteiger partial charge in [-0.25, -0.2) is 13.2 Å². The topological polar surface area (TPSA) is 65.2 Å². The van der Waals surface area contributed by atoms with Gasteiger partial charge in [0.15, 0.2) is 17.5 Å². The summed E-state index contributed by atoms with van der Waals surface area (Å²) in [5.41, 5.74) is 2.30. The van der Waals surface area contributed by atoms with Crippen molar-refractivity contribution < 1.29 is 22.8 Å². The van der Waals surface area contributed by atoms with Crippen molar-refractivity contribution >= 4 is 28.4 Å². The number of carbonyl (C=O) groups excluding carboxylic acids is 2. The van der Waals surface area contributed by atoms with Gasteiger partial charge in [0, 0.05) is 41.7 Å². The first-order valence-corrected chi connectivity index (χ1v) is 8.28. The molecular formula is C19H14F3N3O2. The summed E-state index contributed by atoms with van der Waals surface area (Å²) in [5.74, 6) is -6.60. The van der Waals surface area contributed by atoms with Crippen molar-refractivity contribution in [3.8, 4) is 0 Å². The van der Waals surface area contributed by atoms with Crippen LogP contribution in [-0.2, 0) is 22.6 Å². The molecule has 2 N–H and O–H groups in total. The van der Waals surface area contributed by atoms with Crippen molar-refractivity contribution in [1.82, 2.24) is 9.88 Å². The molecule has 4 rings (SSSR count). The normalized spacial score (nSPS) is 13.5. The van der Waals surface area contributed by atoms with Crippen LogP contribution in [0.5, 0.6) is 0 Å². The number of aromatic amines is 1. The third kappa shape index (κ3) is 2.92. The second kappa shape index (κ2) is 6.46. The highest BCUT2D eigenvalue weighted by Crippen LogP contribution is 2.28. The van der Waals surface area contributed by atoms with Crippen molar-refractivity contribution in [3.05, 3.63) is 65.1 Å². The molecule has 0 aliphatic carbocycles. The van der Waals surface area contributed by atoms with Crippen molar-refractivity contribution in [3.63, 3.8) is 0 Å². The van der Waals surface area contributed by atoms with E-state index in [1.165, 1.54) is 4.90 Å². The Hall–Kier alpha value is -3.29. The Morgan fingerprint density at radius 3 is 2.63 bits per heavy atom. The molecule has 3 aromatic rings. The lowest BCUT2D eigenvalue weighted by Crippen LogP contribution is -2.42. The van der Waals surface area contributed by atoms with Gasteiger partial charge in [-0.15, -0.1) is 0 Å². The van der Waals surface area contributed by atoms with Gasteiger partial charge < -0.3 is 15.2 Å². The van der Waals surface area contributed by atoms with E-state index in [2.05, 4.69) is 4.98 Å². The van der Waals surface area contributed by atoms with Gasteiger partial charge in [0.2, 0.25) is 0 Å². The van der Waals surface area contributed by atoms with E-state index in [0.717, 1.165) is 28.2 Å². The standard InChI is InChI=1S/C19H14F3N3O2/c20-12-5-6-15(17(22)16(12)21)24-18(26)19(27)25-8-7-14-11(9-25)10-3-1-2-4-13(10)23-14/h1-6,23H,7-9H2,(H,24,26). The molecule has 138 valence electrons. The Bertz CT molecular complexity index is 1080. The average molecular weight is 373 g/mol. The molecule has 1 aliphatic rings. The van der Waals surface area contributed by atoms with Crippen molar-refractivity contribution in [2.75, 3.05) is 11.9 Å². The van der Waals surface area contributed by atoms with Gasteiger partial charge in [0.1, 0.15) is 0 Å².